The van der Waals surface area contributed by atoms with Gasteiger partial charge in [-0.25, -0.2) is 8.78 Å². The number of alkyl halides is 2. The van der Waals surface area contributed by atoms with Gasteiger partial charge in [-0.3, -0.25) is 0 Å². The molecule has 0 unspecified atom stereocenters. The molecule has 2 fully saturated rings. The predicted molar refractivity (Wildman–Crippen MR) is 76.3 cm³/mol. The molecule has 0 bridgehead atoms. The molecule has 0 aromatic carbocycles. The summed E-state index contributed by atoms with van der Waals surface area (Å²) in [5, 5.41) is 0. The van der Waals surface area contributed by atoms with Crippen LogP contribution in [-0.4, -0.2) is 6.43 Å². The van der Waals surface area contributed by atoms with Crippen LogP contribution in [-0.2, 0) is 0 Å². The topological polar surface area (TPSA) is 0 Å². The Bertz CT molecular complexity index is 269. The van der Waals surface area contributed by atoms with Gasteiger partial charge in [-0.15, -0.1) is 0 Å². The molecule has 0 amide bonds. The van der Waals surface area contributed by atoms with Gasteiger partial charge in [-0.05, 0) is 82.0 Å². The molecule has 19 heavy (non-hydrogen) atoms. The van der Waals surface area contributed by atoms with E-state index in [0.717, 1.165) is 30.6 Å². The number of rotatable bonds is 4. The van der Waals surface area contributed by atoms with Gasteiger partial charge < -0.3 is 0 Å². The van der Waals surface area contributed by atoms with Crippen molar-refractivity contribution in [1.29, 1.82) is 0 Å². The molecule has 2 aliphatic carbocycles. The lowest BCUT2D eigenvalue weighted by Crippen LogP contribution is -2.26. The minimum Gasteiger partial charge on any atom is -0.211 e. The van der Waals surface area contributed by atoms with Gasteiger partial charge in [-0.2, -0.15) is 0 Å². The molecule has 0 nitrogen and oxygen atoms in total. The van der Waals surface area contributed by atoms with Crippen LogP contribution in [0.25, 0.3) is 0 Å². The highest BCUT2D eigenvalue weighted by Crippen LogP contribution is 2.42. The van der Waals surface area contributed by atoms with Crippen molar-refractivity contribution in [1.82, 2.24) is 0 Å². The van der Waals surface area contributed by atoms with Gasteiger partial charge in [0.1, 0.15) is 0 Å². The molecular formula is C17H28F2. The van der Waals surface area contributed by atoms with Crippen LogP contribution in [0.4, 0.5) is 8.78 Å². The Kier molecular flexibility index (Phi) is 5.84. The Morgan fingerprint density at radius 3 is 1.89 bits per heavy atom. The number of allylic oxidation sites excluding steroid dienone is 2. The van der Waals surface area contributed by atoms with Gasteiger partial charge >= 0.3 is 0 Å². The molecule has 0 spiro atoms. The standard InChI is InChI=1S/C17H28F2/c1-2-3-13-4-8-15(9-5-13)16-10-6-14(7-11-16)12-17(18)19/h2-3,13-17H,4-12H2,1H3/b3-2+. The van der Waals surface area contributed by atoms with E-state index in [1.165, 1.54) is 38.5 Å². The summed E-state index contributed by atoms with van der Waals surface area (Å²) in [5.41, 5.74) is 0. The second kappa shape index (κ2) is 7.40. The first-order valence-corrected chi connectivity index (χ1v) is 8.10. The molecular weight excluding hydrogens is 242 g/mol. The van der Waals surface area contributed by atoms with Crippen molar-refractivity contribution in [3.05, 3.63) is 12.2 Å². The van der Waals surface area contributed by atoms with Crippen molar-refractivity contribution < 1.29 is 8.78 Å². The van der Waals surface area contributed by atoms with E-state index >= 15 is 0 Å². The average Bonchev–Trinajstić information content (AvgIpc) is 2.40. The van der Waals surface area contributed by atoms with Crippen LogP contribution < -0.4 is 0 Å². The maximum absolute atomic E-state index is 12.4. The zero-order valence-corrected chi connectivity index (χ0v) is 12.2. The van der Waals surface area contributed by atoms with Crippen molar-refractivity contribution in [2.24, 2.45) is 23.7 Å². The zero-order valence-electron chi connectivity index (χ0n) is 12.2. The van der Waals surface area contributed by atoms with E-state index in [4.69, 9.17) is 0 Å². The van der Waals surface area contributed by atoms with E-state index in [1.54, 1.807) is 0 Å². The van der Waals surface area contributed by atoms with Crippen LogP contribution in [0.2, 0.25) is 0 Å². The normalized spacial score (nSPS) is 37.1. The molecule has 2 saturated carbocycles. The van der Waals surface area contributed by atoms with Crippen LogP contribution in [0.5, 0.6) is 0 Å². The molecule has 0 radical (unpaired) electrons. The molecule has 2 heteroatoms. The van der Waals surface area contributed by atoms with Crippen LogP contribution >= 0.6 is 0 Å². The van der Waals surface area contributed by atoms with Crippen LogP contribution in [0, 0.1) is 23.7 Å². The lowest BCUT2D eigenvalue weighted by atomic mass is 9.69. The third kappa shape index (κ3) is 4.57. The van der Waals surface area contributed by atoms with E-state index in [0.29, 0.717) is 5.92 Å². The molecule has 0 atom stereocenters. The van der Waals surface area contributed by atoms with E-state index in [2.05, 4.69) is 19.1 Å². The van der Waals surface area contributed by atoms with E-state index in [9.17, 15) is 8.78 Å². The zero-order chi connectivity index (χ0) is 13.7. The summed E-state index contributed by atoms with van der Waals surface area (Å²) in [5.74, 6) is 2.82. The van der Waals surface area contributed by atoms with Crippen molar-refractivity contribution in [3.63, 3.8) is 0 Å². The van der Waals surface area contributed by atoms with Gasteiger partial charge in [0.25, 0.3) is 0 Å². The Morgan fingerprint density at radius 1 is 0.895 bits per heavy atom. The van der Waals surface area contributed by atoms with Gasteiger partial charge in [-0.1, -0.05) is 12.2 Å². The fourth-order valence-electron chi connectivity index (χ4n) is 4.23. The molecule has 0 heterocycles. The maximum atomic E-state index is 12.4. The molecule has 2 rings (SSSR count). The summed E-state index contributed by atoms with van der Waals surface area (Å²) in [6.45, 7) is 2.11. The lowest BCUT2D eigenvalue weighted by Gasteiger charge is -2.37. The summed E-state index contributed by atoms with van der Waals surface area (Å²) in [6, 6.07) is 0. The highest BCUT2D eigenvalue weighted by atomic mass is 19.3. The fourth-order valence-corrected chi connectivity index (χ4v) is 4.23. The largest absolute Gasteiger partial charge is 0.238 e. The minimum atomic E-state index is -2.10. The van der Waals surface area contributed by atoms with Gasteiger partial charge in [0, 0.05) is 6.42 Å². The van der Waals surface area contributed by atoms with Crippen LogP contribution in [0.1, 0.15) is 64.7 Å². The van der Waals surface area contributed by atoms with Crippen LogP contribution in [0.15, 0.2) is 12.2 Å². The van der Waals surface area contributed by atoms with Crippen molar-refractivity contribution in [3.8, 4) is 0 Å². The summed E-state index contributed by atoms with van der Waals surface area (Å²) >= 11 is 0. The lowest BCUT2D eigenvalue weighted by molar-refractivity contribution is 0.0850. The fraction of sp³-hybridized carbons (Fsp3) is 0.882. The first-order valence-electron chi connectivity index (χ1n) is 8.10. The Morgan fingerprint density at radius 2 is 1.42 bits per heavy atom. The minimum absolute atomic E-state index is 0.140. The van der Waals surface area contributed by atoms with E-state index in [-0.39, 0.29) is 6.42 Å². The number of hydrogen-bond donors (Lipinski definition) is 0. The molecule has 0 aliphatic heterocycles. The van der Waals surface area contributed by atoms with Gasteiger partial charge in [0.05, 0.1) is 0 Å². The Hall–Kier alpha value is -0.400. The van der Waals surface area contributed by atoms with Gasteiger partial charge in [0.2, 0.25) is 6.43 Å². The summed E-state index contributed by atoms with van der Waals surface area (Å²) in [7, 11) is 0. The predicted octanol–water partition coefficient (Wildman–Crippen LogP) is 5.83. The highest BCUT2D eigenvalue weighted by molar-refractivity contribution is 4.90. The van der Waals surface area contributed by atoms with Crippen molar-refractivity contribution in [2.45, 2.75) is 71.1 Å². The third-order valence-corrected chi connectivity index (χ3v) is 5.35. The summed E-state index contributed by atoms with van der Waals surface area (Å²) in [4.78, 5) is 0. The van der Waals surface area contributed by atoms with Gasteiger partial charge in [0.15, 0.2) is 0 Å². The molecule has 110 valence electrons. The third-order valence-electron chi connectivity index (χ3n) is 5.35. The first-order chi connectivity index (χ1) is 9.19. The monoisotopic (exact) mass is 270 g/mol. The highest BCUT2D eigenvalue weighted by Gasteiger charge is 2.30. The molecule has 0 N–H and O–H groups in total. The van der Waals surface area contributed by atoms with Crippen molar-refractivity contribution in [2.75, 3.05) is 0 Å². The average molecular weight is 270 g/mol. The SMILES string of the molecule is C/C=C/C1CCC(C2CCC(CC(F)F)CC2)CC1. The van der Waals surface area contributed by atoms with E-state index in [1.807, 2.05) is 0 Å². The number of halogens is 2. The second-order valence-electron chi connectivity index (χ2n) is 6.61. The maximum Gasteiger partial charge on any atom is 0.238 e. The quantitative estimate of drug-likeness (QED) is 0.564. The Balaban J connectivity index is 1.71. The molecule has 0 saturated heterocycles. The number of hydrogen-bond acceptors (Lipinski definition) is 0. The van der Waals surface area contributed by atoms with Crippen LogP contribution in [0.3, 0.4) is 0 Å². The van der Waals surface area contributed by atoms with E-state index < -0.39 is 6.43 Å². The summed E-state index contributed by atoms with van der Waals surface area (Å²) in [6.07, 6.45) is 12.5. The second-order valence-corrected chi connectivity index (χ2v) is 6.61. The molecule has 0 aromatic heterocycles. The summed E-state index contributed by atoms with van der Waals surface area (Å²) < 4.78 is 24.8. The molecule has 0 aromatic rings. The molecule has 2 aliphatic rings. The Labute approximate surface area is 116 Å². The van der Waals surface area contributed by atoms with Crippen molar-refractivity contribution >= 4 is 0 Å². The first kappa shape index (κ1) is 15.0. The smallest absolute Gasteiger partial charge is 0.211 e.